The van der Waals surface area contributed by atoms with Crippen molar-refractivity contribution in [2.24, 2.45) is 0 Å². The lowest BCUT2D eigenvalue weighted by Gasteiger charge is -2.24. The number of hydrogen-bond acceptors (Lipinski definition) is 4. The molecule has 2 amide bonds. The van der Waals surface area contributed by atoms with Crippen LogP contribution in [0.5, 0.6) is 0 Å². The molecule has 0 aliphatic carbocycles. The number of hydrogen-bond donors (Lipinski definition) is 1. The van der Waals surface area contributed by atoms with Crippen LogP contribution in [0.3, 0.4) is 0 Å². The van der Waals surface area contributed by atoms with Gasteiger partial charge in [0.2, 0.25) is 0 Å². The lowest BCUT2D eigenvalue weighted by atomic mass is 10.2. The van der Waals surface area contributed by atoms with Gasteiger partial charge in [-0.2, -0.15) is 4.90 Å². The predicted octanol–water partition coefficient (Wildman–Crippen LogP) is 4.30. The molecule has 0 unspecified atom stereocenters. The molecule has 21 heavy (non-hydrogen) atoms. The third-order valence-electron chi connectivity index (χ3n) is 2.24. The van der Waals surface area contributed by atoms with Crippen LogP contribution in [-0.4, -0.2) is 27.9 Å². The number of aromatic nitrogens is 1. The van der Waals surface area contributed by atoms with Gasteiger partial charge in [-0.15, -0.1) is 0 Å². The molecule has 0 aliphatic heterocycles. The molecule has 6 nitrogen and oxygen atoms in total. The van der Waals surface area contributed by atoms with Crippen LogP contribution >= 0.6 is 15.9 Å². The minimum atomic E-state index is -1.44. The molecule has 0 atom stereocenters. The zero-order chi connectivity index (χ0) is 16.4. The van der Waals surface area contributed by atoms with E-state index in [1.54, 1.807) is 27.7 Å². The van der Waals surface area contributed by atoms with Crippen LogP contribution in [0.2, 0.25) is 0 Å². The first-order valence-electron chi connectivity index (χ1n) is 6.11. The van der Waals surface area contributed by atoms with E-state index in [1.807, 2.05) is 0 Å². The molecule has 1 aromatic rings. The van der Waals surface area contributed by atoms with Crippen molar-refractivity contribution < 1.29 is 19.4 Å². The number of anilines is 1. The van der Waals surface area contributed by atoms with Crippen molar-refractivity contribution in [1.29, 1.82) is 0 Å². The van der Waals surface area contributed by atoms with Gasteiger partial charge in [0.05, 0.1) is 11.4 Å². The molecule has 0 fully saturated rings. The SMILES string of the molecule is C=C(C)c1cc(N(C(=O)O)C(=O)OC(C)(C)C)cc(Br)n1. The van der Waals surface area contributed by atoms with Gasteiger partial charge in [-0.3, -0.25) is 0 Å². The smallest absolute Gasteiger partial charge is 0.424 e. The summed E-state index contributed by atoms with van der Waals surface area (Å²) in [5.74, 6) is 0. The molecule has 0 aliphatic rings. The Bertz CT molecular complexity index is 593. The molecule has 7 heteroatoms. The van der Waals surface area contributed by atoms with Gasteiger partial charge in [0.1, 0.15) is 10.2 Å². The molecular weight excluding hydrogens is 340 g/mol. The minimum absolute atomic E-state index is 0.136. The number of rotatable bonds is 2. The van der Waals surface area contributed by atoms with Gasteiger partial charge in [-0.25, -0.2) is 14.6 Å². The lowest BCUT2D eigenvalue weighted by molar-refractivity contribution is 0.0582. The summed E-state index contributed by atoms with van der Waals surface area (Å²) in [6.45, 7) is 10.5. The highest BCUT2D eigenvalue weighted by Crippen LogP contribution is 2.25. The predicted molar refractivity (Wildman–Crippen MR) is 83.4 cm³/mol. The molecule has 0 spiro atoms. The number of pyridine rings is 1. The molecular formula is C14H17BrN2O4. The van der Waals surface area contributed by atoms with E-state index in [0.717, 1.165) is 0 Å². The number of allylic oxidation sites excluding steroid dienone is 1. The lowest BCUT2D eigenvalue weighted by Crippen LogP contribution is -2.40. The fourth-order valence-electron chi connectivity index (χ4n) is 1.43. The van der Waals surface area contributed by atoms with Gasteiger partial charge in [0, 0.05) is 0 Å². The standard InChI is InChI=1S/C14H17BrN2O4/c1-8(2)10-6-9(7-11(15)16-10)17(12(18)19)13(20)21-14(3,4)5/h6-7H,1H2,2-5H3,(H,18,19). The third kappa shape index (κ3) is 4.86. The summed E-state index contributed by atoms with van der Waals surface area (Å²) in [4.78, 5) is 28.1. The first-order chi connectivity index (χ1) is 9.51. The number of halogens is 1. The Labute approximate surface area is 131 Å². The van der Waals surface area contributed by atoms with Crippen molar-refractivity contribution in [2.45, 2.75) is 33.3 Å². The summed E-state index contributed by atoms with van der Waals surface area (Å²) < 4.78 is 5.50. The van der Waals surface area contributed by atoms with E-state index in [2.05, 4.69) is 27.5 Å². The minimum Gasteiger partial charge on any atom is -0.464 e. The number of carboxylic acid groups (broad SMARTS) is 1. The normalized spacial score (nSPS) is 10.9. The number of ether oxygens (including phenoxy) is 1. The highest BCUT2D eigenvalue weighted by atomic mass is 79.9. The van der Waals surface area contributed by atoms with Gasteiger partial charge in [0.15, 0.2) is 0 Å². The number of nitrogens with zero attached hydrogens (tertiary/aromatic N) is 2. The van der Waals surface area contributed by atoms with E-state index in [-0.39, 0.29) is 5.69 Å². The maximum atomic E-state index is 12.1. The van der Waals surface area contributed by atoms with Crippen molar-refractivity contribution in [1.82, 2.24) is 4.98 Å². The van der Waals surface area contributed by atoms with E-state index in [1.165, 1.54) is 12.1 Å². The van der Waals surface area contributed by atoms with Gasteiger partial charge in [0.25, 0.3) is 0 Å². The van der Waals surface area contributed by atoms with Crippen LogP contribution in [0, 0.1) is 0 Å². The molecule has 0 saturated carbocycles. The Balaban J connectivity index is 3.27. The van der Waals surface area contributed by atoms with E-state index in [0.29, 0.717) is 20.8 Å². The van der Waals surface area contributed by atoms with Crippen LogP contribution in [0.1, 0.15) is 33.4 Å². The van der Waals surface area contributed by atoms with E-state index in [4.69, 9.17) is 4.74 Å². The summed E-state index contributed by atoms with van der Waals surface area (Å²) >= 11 is 3.19. The average Bonchev–Trinajstić information content (AvgIpc) is 2.24. The summed E-state index contributed by atoms with van der Waals surface area (Å²) in [5.41, 5.74) is 0.463. The Morgan fingerprint density at radius 3 is 2.38 bits per heavy atom. The van der Waals surface area contributed by atoms with E-state index >= 15 is 0 Å². The van der Waals surface area contributed by atoms with Crippen molar-refractivity contribution in [3.63, 3.8) is 0 Å². The van der Waals surface area contributed by atoms with Crippen LogP contribution in [0.25, 0.3) is 5.57 Å². The largest absolute Gasteiger partial charge is 0.464 e. The molecule has 0 bridgehead atoms. The number of carbonyl (C=O) groups is 2. The zero-order valence-electron chi connectivity index (χ0n) is 12.3. The van der Waals surface area contributed by atoms with Gasteiger partial charge in [-0.05, 0) is 61.3 Å². The highest BCUT2D eigenvalue weighted by molar-refractivity contribution is 9.10. The molecule has 0 aromatic carbocycles. The number of amides is 2. The Morgan fingerprint density at radius 1 is 1.38 bits per heavy atom. The van der Waals surface area contributed by atoms with E-state index in [9.17, 15) is 14.7 Å². The van der Waals surface area contributed by atoms with Crippen molar-refractivity contribution >= 4 is 39.4 Å². The summed E-state index contributed by atoms with van der Waals surface area (Å²) in [5, 5.41) is 9.28. The van der Waals surface area contributed by atoms with Crippen molar-refractivity contribution in [2.75, 3.05) is 4.90 Å². The molecule has 1 heterocycles. The van der Waals surface area contributed by atoms with Crippen LogP contribution in [-0.2, 0) is 4.74 Å². The molecule has 0 radical (unpaired) electrons. The number of carbonyl (C=O) groups excluding carboxylic acids is 1. The number of imide groups is 1. The molecule has 1 aromatic heterocycles. The highest BCUT2D eigenvalue weighted by Gasteiger charge is 2.29. The topological polar surface area (TPSA) is 79.7 Å². The Morgan fingerprint density at radius 2 is 1.95 bits per heavy atom. The van der Waals surface area contributed by atoms with Gasteiger partial charge < -0.3 is 9.84 Å². The maximum absolute atomic E-state index is 12.1. The zero-order valence-corrected chi connectivity index (χ0v) is 13.9. The average molecular weight is 357 g/mol. The second-order valence-electron chi connectivity index (χ2n) is 5.41. The second kappa shape index (κ2) is 6.26. The van der Waals surface area contributed by atoms with Gasteiger partial charge in [-0.1, -0.05) is 6.58 Å². The summed E-state index contributed by atoms with van der Waals surface area (Å²) in [6, 6.07) is 2.88. The monoisotopic (exact) mass is 356 g/mol. The van der Waals surface area contributed by atoms with E-state index < -0.39 is 17.8 Å². The first-order valence-corrected chi connectivity index (χ1v) is 6.90. The Kier molecular flexibility index (Phi) is 5.11. The molecule has 114 valence electrons. The fourth-order valence-corrected chi connectivity index (χ4v) is 1.86. The first kappa shape index (κ1) is 17.2. The van der Waals surface area contributed by atoms with Crippen molar-refractivity contribution in [3.8, 4) is 0 Å². The van der Waals surface area contributed by atoms with Crippen LogP contribution in [0.15, 0.2) is 23.3 Å². The summed E-state index contributed by atoms with van der Waals surface area (Å²) in [7, 11) is 0. The Hall–Kier alpha value is -1.89. The van der Waals surface area contributed by atoms with Crippen LogP contribution < -0.4 is 4.90 Å². The fraction of sp³-hybridized carbons (Fsp3) is 0.357. The summed E-state index contributed by atoms with van der Waals surface area (Å²) in [6.07, 6.45) is -2.41. The van der Waals surface area contributed by atoms with Crippen LogP contribution in [0.4, 0.5) is 15.3 Å². The quantitative estimate of drug-likeness (QED) is 0.799. The van der Waals surface area contributed by atoms with Crippen molar-refractivity contribution in [3.05, 3.63) is 29.0 Å². The maximum Gasteiger partial charge on any atom is 0.424 e. The molecule has 1 N–H and O–H groups in total. The third-order valence-corrected chi connectivity index (χ3v) is 2.65. The second-order valence-corrected chi connectivity index (χ2v) is 6.22. The van der Waals surface area contributed by atoms with Gasteiger partial charge >= 0.3 is 12.2 Å². The molecule has 1 rings (SSSR count). The molecule has 0 saturated heterocycles.